The highest BCUT2D eigenvalue weighted by molar-refractivity contribution is 5.92. The van der Waals surface area contributed by atoms with Gasteiger partial charge in [0, 0.05) is 25.0 Å². The molecule has 1 aromatic carbocycles. The van der Waals surface area contributed by atoms with Gasteiger partial charge in [0.25, 0.3) is 0 Å². The smallest absolute Gasteiger partial charge is 0.250 e. The lowest BCUT2D eigenvalue weighted by molar-refractivity contribution is -0.119. The molecule has 0 unspecified atom stereocenters. The Kier molecular flexibility index (Phi) is 6.87. The highest BCUT2D eigenvalue weighted by atomic mass is 16.5. The second kappa shape index (κ2) is 8.53. The van der Waals surface area contributed by atoms with E-state index in [0.29, 0.717) is 0 Å². The Morgan fingerprint density at radius 2 is 2.06 bits per heavy atom. The van der Waals surface area contributed by atoms with Crippen molar-refractivity contribution in [2.45, 2.75) is 26.2 Å². The molecule has 1 aromatic rings. The van der Waals surface area contributed by atoms with Crippen LogP contribution in [0, 0.1) is 0 Å². The summed E-state index contributed by atoms with van der Waals surface area (Å²) in [6, 6.07) is 7.72. The number of anilines is 2. The summed E-state index contributed by atoms with van der Waals surface area (Å²) in [6.45, 7) is 3.23. The van der Waals surface area contributed by atoms with E-state index >= 15 is 0 Å². The number of ether oxygens (including phenoxy) is 1. The molecule has 0 heterocycles. The Morgan fingerprint density at radius 3 is 2.78 bits per heavy atom. The van der Waals surface area contributed by atoms with Crippen LogP contribution in [0.2, 0.25) is 0 Å². The van der Waals surface area contributed by atoms with Crippen molar-refractivity contribution in [3.63, 3.8) is 0 Å². The summed E-state index contributed by atoms with van der Waals surface area (Å²) in [5.41, 5.74) is 1.82. The van der Waals surface area contributed by atoms with Gasteiger partial charge in [0.05, 0.1) is 0 Å². The van der Waals surface area contributed by atoms with Crippen molar-refractivity contribution < 1.29 is 9.53 Å². The maximum atomic E-state index is 11.4. The Bertz CT molecular complexity index is 367. The molecule has 0 radical (unpaired) electrons. The fourth-order valence-electron chi connectivity index (χ4n) is 1.64. The summed E-state index contributed by atoms with van der Waals surface area (Å²) in [4.78, 5) is 11.4. The van der Waals surface area contributed by atoms with Gasteiger partial charge in [-0.3, -0.25) is 4.79 Å². The Labute approximate surface area is 109 Å². The van der Waals surface area contributed by atoms with Gasteiger partial charge in [0.15, 0.2) is 0 Å². The van der Waals surface area contributed by atoms with Gasteiger partial charge in [-0.1, -0.05) is 25.8 Å². The fraction of sp³-hybridized carbons (Fsp3) is 0.500. The summed E-state index contributed by atoms with van der Waals surface area (Å²) >= 11 is 0. The minimum Gasteiger partial charge on any atom is -0.385 e. The molecule has 1 amide bonds. The van der Waals surface area contributed by atoms with Gasteiger partial charge in [-0.2, -0.15) is 0 Å². The van der Waals surface area contributed by atoms with Crippen LogP contribution in [0.15, 0.2) is 24.3 Å². The summed E-state index contributed by atoms with van der Waals surface area (Å²) in [6.07, 6.45) is 3.61. The van der Waals surface area contributed by atoms with E-state index in [1.165, 1.54) is 20.0 Å². The van der Waals surface area contributed by atoms with Crippen molar-refractivity contribution in [2.24, 2.45) is 0 Å². The monoisotopic (exact) mass is 250 g/mol. The SMILES string of the molecule is CCCCCNc1cccc(NC(=O)COC)c1. The van der Waals surface area contributed by atoms with Gasteiger partial charge in [-0.25, -0.2) is 0 Å². The molecule has 0 saturated heterocycles. The van der Waals surface area contributed by atoms with Gasteiger partial charge in [-0.05, 0) is 24.6 Å². The zero-order valence-corrected chi connectivity index (χ0v) is 11.2. The third kappa shape index (κ3) is 5.68. The van der Waals surface area contributed by atoms with E-state index in [-0.39, 0.29) is 12.5 Å². The van der Waals surface area contributed by atoms with Crippen molar-refractivity contribution in [1.29, 1.82) is 0 Å². The van der Waals surface area contributed by atoms with Crippen LogP contribution in [0.3, 0.4) is 0 Å². The standard InChI is InChI=1S/C14H22N2O2/c1-3-4-5-9-15-12-7-6-8-13(10-12)16-14(17)11-18-2/h6-8,10,15H,3-5,9,11H2,1-2H3,(H,16,17). The molecule has 0 spiro atoms. The van der Waals surface area contributed by atoms with Gasteiger partial charge in [0.1, 0.15) is 6.61 Å². The van der Waals surface area contributed by atoms with Crippen molar-refractivity contribution in [3.8, 4) is 0 Å². The Morgan fingerprint density at radius 1 is 1.28 bits per heavy atom. The van der Waals surface area contributed by atoms with E-state index in [1.54, 1.807) is 0 Å². The number of carbonyl (C=O) groups excluding carboxylic acids is 1. The number of hydrogen-bond donors (Lipinski definition) is 2. The lowest BCUT2D eigenvalue weighted by Gasteiger charge is -2.09. The molecule has 0 atom stereocenters. The summed E-state index contributed by atoms with van der Waals surface area (Å²) in [5.74, 6) is -0.138. The molecule has 4 heteroatoms. The van der Waals surface area contributed by atoms with E-state index in [0.717, 1.165) is 24.3 Å². The minimum absolute atomic E-state index is 0.0775. The van der Waals surface area contributed by atoms with Gasteiger partial charge in [0.2, 0.25) is 5.91 Å². The number of hydrogen-bond acceptors (Lipinski definition) is 3. The highest BCUT2D eigenvalue weighted by Gasteiger charge is 2.01. The largest absolute Gasteiger partial charge is 0.385 e. The lowest BCUT2D eigenvalue weighted by Crippen LogP contribution is -2.17. The first-order valence-corrected chi connectivity index (χ1v) is 6.39. The van der Waals surface area contributed by atoms with Crippen LogP contribution in [-0.4, -0.2) is 26.2 Å². The van der Waals surface area contributed by atoms with E-state index in [1.807, 2.05) is 24.3 Å². The zero-order valence-electron chi connectivity index (χ0n) is 11.2. The predicted octanol–water partition coefficient (Wildman–Crippen LogP) is 2.87. The van der Waals surface area contributed by atoms with Crippen LogP contribution >= 0.6 is 0 Å². The van der Waals surface area contributed by atoms with Gasteiger partial charge >= 0.3 is 0 Å². The van der Waals surface area contributed by atoms with Gasteiger partial charge < -0.3 is 15.4 Å². The maximum absolute atomic E-state index is 11.4. The second-order valence-electron chi connectivity index (χ2n) is 4.20. The molecule has 0 aliphatic carbocycles. The number of amides is 1. The highest BCUT2D eigenvalue weighted by Crippen LogP contribution is 2.15. The molecule has 0 fully saturated rings. The molecule has 0 bridgehead atoms. The van der Waals surface area contributed by atoms with E-state index < -0.39 is 0 Å². The van der Waals surface area contributed by atoms with Crippen LogP contribution < -0.4 is 10.6 Å². The normalized spacial score (nSPS) is 10.1. The summed E-state index contributed by atoms with van der Waals surface area (Å²) in [7, 11) is 1.51. The quantitative estimate of drug-likeness (QED) is 0.697. The van der Waals surface area contributed by atoms with Gasteiger partial charge in [-0.15, -0.1) is 0 Å². The molecule has 2 N–H and O–H groups in total. The second-order valence-corrected chi connectivity index (χ2v) is 4.20. The minimum atomic E-state index is -0.138. The summed E-state index contributed by atoms with van der Waals surface area (Å²) in [5, 5.41) is 6.12. The Hall–Kier alpha value is -1.55. The molecule has 0 aliphatic rings. The first kappa shape index (κ1) is 14.5. The predicted molar refractivity (Wildman–Crippen MR) is 75.0 cm³/mol. The van der Waals surface area contributed by atoms with Crippen LogP contribution in [0.25, 0.3) is 0 Å². The number of carbonyl (C=O) groups is 1. The molecule has 4 nitrogen and oxygen atoms in total. The maximum Gasteiger partial charge on any atom is 0.250 e. The van der Waals surface area contributed by atoms with E-state index in [9.17, 15) is 4.79 Å². The first-order chi connectivity index (χ1) is 8.76. The van der Waals surface area contributed by atoms with Crippen LogP contribution in [-0.2, 0) is 9.53 Å². The summed E-state index contributed by atoms with van der Waals surface area (Å²) < 4.78 is 4.77. The van der Waals surface area contributed by atoms with E-state index in [4.69, 9.17) is 4.74 Å². The number of rotatable bonds is 8. The van der Waals surface area contributed by atoms with Crippen molar-refractivity contribution in [2.75, 3.05) is 30.9 Å². The molecule has 0 aromatic heterocycles. The number of unbranched alkanes of at least 4 members (excludes halogenated alkanes) is 2. The number of nitrogens with one attached hydrogen (secondary N) is 2. The molecular weight excluding hydrogens is 228 g/mol. The molecule has 18 heavy (non-hydrogen) atoms. The van der Waals surface area contributed by atoms with Crippen LogP contribution in [0.5, 0.6) is 0 Å². The van der Waals surface area contributed by atoms with Crippen molar-refractivity contribution in [3.05, 3.63) is 24.3 Å². The average molecular weight is 250 g/mol. The molecular formula is C14H22N2O2. The van der Waals surface area contributed by atoms with Crippen molar-refractivity contribution >= 4 is 17.3 Å². The first-order valence-electron chi connectivity index (χ1n) is 6.39. The molecule has 1 rings (SSSR count). The molecule has 0 saturated carbocycles. The van der Waals surface area contributed by atoms with Crippen molar-refractivity contribution in [1.82, 2.24) is 0 Å². The zero-order chi connectivity index (χ0) is 13.2. The molecule has 0 aliphatic heterocycles. The fourth-order valence-corrected chi connectivity index (χ4v) is 1.64. The number of benzene rings is 1. The third-order valence-corrected chi connectivity index (χ3v) is 2.53. The third-order valence-electron chi connectivity index (χ3n) is 2.53. The molecule has 100 valence electrons. The lowest BCUT2D eigenvalue weighted by atomic mass is 10.2. The van der Waals surface area contributed by atoms with Crippen LogP contribution in [0.1, 0.15) is 26.2 Å². The van der Waals surface area contributed by atoms with Crippen LogP contribution in [0.4, 0.5) is 11.4 Å². The Balaban J connectivity index is 2.43. The van der Waals surface area contributed by atoms with E-state index in [2.05, 4.69) is 17.6 Å². The average Bonchev–Trinajstić information content (AvgIpc) is 2.35. The topological polar surface area (TPSA) is 50.4 Å². The number of methoxy groups -OCH3 is 1.